The molecule has 4 heterocycles. The lowest BCUT2D eigenvalue weighted by Crippen LogP contribution is -2.11. The molecule has 0 radical (unpaired) electrons. The van der Waals surface area contributed by atoms with E-state index in [4.69, 9.17) is 36.4 Å². The van der Waals surface area contributed by atoms with Crippen LogP contribution in [0.4, 0.5) is 5.95 Å². The Morgan fingerprint density at radius 2 is 1.06 bits per heavy atom. The van der Waals surface area contributed by atoms with E-state index in [0.717, 1.165) is 0 Å². The maximum absolute atomic E-state index is 5.49. The molecule has 0 unspecified atom stereocenters. The Morgan fingerprint density at radius 1 is 0.667 bits per heavy atom. The summed E-state index contributed by atoms with van der Waals surface area (Å²) in [5.41, 5.74) is 2.80. The quantitative estimate of drug-likeness (QED) is 0.311. The Bertz CT molecular complexity index is 1040. The van der Waals surface area contributed by atoms with Crippen LogP contribution in [0.2, 0.25) is 5.28 Å². The number of rotatable bonds is 6. The summed E-state index contributed by atoms with van der Waals surface area (Å²) >= 11 is 5.49. The number of anilines is 1. The second-order valence-corrected chi connectivity index (χ2v) is 5.44. The summed E-state index contributed by atoms with van der Waals surface area (Å²) in [5, 5.41) is 14.1. The van der Waals surface area contributed by atoms with Crippen LogP contribution in [-0.4, -0.2) is 88.1 Å². The molecule has 0 amide bonds. The standard InChI is InChI=1S/C7H9N7O2.C5H6ClN3O2.C2H4N4/c1-15-6-10-5(11-7(12-6)16-2)13-14-3-8-9-4-14;1-10-4-7-3(6)8-5(9-4)11-2;3-6-1-4-5-2-6/h3-4H,1-2H3,(H,10,11,12,13);1-2H3;1-2H,3H2. The molecule has 4 rings (SSSR count). The van der Waals surface area contributed by atoms with Crippen LogP contribution in [0.5, 0.6) is 24.0 Å². The van der Waals surface area contributed by atoms with E-state index in [1.165, 1.54) is 63.1 Å². The topological polar surface area (TPSA) is 214 Å². The number of hydrogen-bond donors (Lipinski definition) is 2. The summed E-state index contributed by atoms with van der Waals surface area (Å²) in [5.74, 6) is 5.34. The van der Waals surface area contributed by atoms with Gasteiger partial charge in [0.2, 0.25) is 5.28 Å². The predicted molar refractivity (Wildman–Crippen MR) is 110 cm³/mol. The first kappa shape index (κ1) is 24.7. The molecule has 18 nitrogen and oxygen atoms in total. The lowest BCUT2D eigenvalue weighted by Gasteiger charge is -2.06. The molecule has 3 N–H and O–H groups in total. The average molecular weight is 483 g/mol. The van der Waals surface area contributed by atoms with Crippen LogP contribution >= 0.6 is 11.6 Å². The van der Waals surface area contributed by atoms with Gasteiger partial charge in [0.15, 0.2) is 0 Å². The monoisotopic (exact) mass is 482 g/mol. The van der Waals surface area contributed by atoms with Crippen LogP contribution in [-0.2, 0) is 0 Å². The van der Waals surface area contributed by atoms with Gasteiger partial charge in [-0.25, -0.2) is 9.35 Å². The molecule has 19 heteroatoms. The van der Waals surface area contributed by atoms with Gasteiger partial charge >= 0.3 is 24.0 Å². The van der Waals surface area contributed by atoms with Crippen molar-refractivity contribution in [2.24, 2.45) is 0 Å². The summed E-state index contributed by atoms with van der Waals surface area (Å²) in [4.78, 5) is 22.8. The highest BCUT2D eigenvalue weighted by atomic mass is 35.5. The van der Waals surface area contributed by atoms with Gasteiger partial charge in [0.25, 0.3) is 5.95 Å². The number of nitrogen functional groups attached to an aromatic ring is 1. The minimum atomic E-state index is 0.0497. The maximum atomic E-state index is 5.49. The molecule has 33 heavy (non-hydrogen) atoms. The van der Waals surface area contributed by atoms with Gasteiger partial charge in [-0.3, -0.25) is 5.43 Å². The molecule has 0 saturated heterocycles. The molecule has 176 valence electrons. The molecule has 0 aliphatic heterocycles. The summed E-state index contributed by atoms with van der Waals surface area (Å²) in [7, 11) is 5.78. The van der Waals surface area contributed by atoms with Gasteiger partial charge in [-0.1, -0.05) is 0 Å². The van der Waals surface area contributed by atoms with Crippen LogP contribution in [0.1, 0.15) is 0 Å². The Morgan fingerprint density at radius 3 is 1.42 bits per heavy atom. The van der Waals surface area contributed by atoms with Crippen LogP contribution < -0.4 is 30.2 Å². The molecular formula is C14H19ClN14O4. The number of hydrogen-bond acceptors (Lipinski definition) is 16. The third-order valence-electron chi connectivity index (χ3n) is 2.98. The number of ether oxygens (including phenoxy) is 4. The Kier molecular flexibility index (Phi) is 9.67. The van der Waals surface area contributed by atoms with E-state index in [0.29, 0.717) is 0 Å². The van der Waals surface area contributed by atoms with Crippen molar-refractivity contribution < 1.29 is 18.9 Å². The summed E-state index contributed by atoms with van der Waals surface area (Å²) in [6.45, 7) is 0. The third-order valence-corrected chi connectivity index (χ3v) is 3.15. The first-order valence-electron chi connectivity index (χ1n) is 8.52. The lowest BCUT2D eigenvalue weighted by atomic mass is 10.9. The van der Waals surface area contributed by atoms with Crippen LogP contribution in [0.3, 0.4) is 0 Å². The Balaban J connectivity index is 0.000000195. The number of halogens is 1. The normalized spacial score (nSPS) is 9.48. The van der Waals surface area contributed by atoms with E-state index >= 15 is 0 Å². The van der Waals surface area contributed by atoms with Crippen LogP contribution in [0.15, 0.2) is 25.3 Å². The smallest absolute Gasteiger partial charge is 0.324 e. The van der Waals surface area contributed by atoms with Crippen molar-refractivity contribution in [3.8, 4) is 24.0 Å². The molecule has 0 bridgehead atoms. The van der Waals surface area contributed by atoms with Crippen molar-refractivity contribution in [1.82, 2.24) is 59.7 Å². The maximum Gasteiger partial charge on any atom is 0.324 e. The number of nitrogens with two attached hydrogens (primary N) is 1. The van der Waals surface area contributed by atoms with Gasteiger partial charge in [0, 0.05) is 0 Å². The summed E-state index contributed by atoms with van der Waals surface area (Å²) in [6.07, 6.45) is 5.76. The zero-order valence-electron chi connectivity index (χ0n) is 17.8. The number of aromatic nitrogens is 12. The Hall–Kier alpha value is -4.61. The molecule has 0 aromatic carbocycles. The summed E-state index contributed by atoms with van der Waals surface area (Å²) < 4.78 is 22.0. The molecule has 4 aromatic heterocycles. The van der Waals surface area contributed by atoms with E-state index in [1.807, 2.05) is 0 Å². The highest BCUT2D eigenvalue weighted by molar-refractivity contribution is 6.28. The largest absolute Gasteiger partial charge is 0.467 e. The molecule has 0 atom stereocenters. The molecule has 4 aromatic rings. The minimum Gasteiger partial charge on any atom is -0.467 e. The molecular weight excluding hydrogens is 464 g/mol. The van der Waals surface area contributed by atoms with Gasteiger partial charge in [-0.15, -0.1) is 30.4 Å². The second kappa shape index (κ2) is 12.9. The predicted octanol–water partition coefficient (Wildman–Crippen LogP) is -1.11. The van der Waals surface area contributed by atoms with Gasteiger partial charge in [-0.05, 0) is 11.6 Å². The van der Waals surface area contributed by atoms with Crippen molar-refractivity contribution >= 4 is 17.5 Å². The van der Waals surface area contributed by atoms with Crippen molar-refractivity contribution in [3.05, 3.63) is 30.6 Å². The highest BCUT2D eigenvalue weighted by Gasteiger charge is 2.07. The molecule has 0 fully saturated rings. The zero-order valence-corrected chi connectivity index (χ0v) is 18.5. The van der Waals surface area contributed by atoms with E-state index in [9.17, 15) is 0 Å². The SMILES string of the molecule is COc1nc(Cl)nc(OC)n1.COc1nc(Nn2cnnc2)nc(OC)n1.Nn1cnnc1. The first-order valence-corrected chi connectivity index (χ1v) is 8.90. The summed E-state index contributed by atoms with van der Waals surface area (Å²) in [6, 6.07) is 0.591. The van der Waals surface area contributed by atoms with Crippen molar-refractivity contribution in [3.63, 3.8) is 0 Å². The zero-order chi connectivity index (χ0) is 24.1. The van der Waals surface area contributed by atoms with E-state index in [2.05, 4.69) is 55.7 Å². The molecule has 0 spiro atoms. The average Bonchev–Trinajstić information content (AvgIpc) is 3.53. The van der Waals surface area contributed by atoms with Crippen LogP contribution in [0, 0.1) is 0 Å². The lowest BCUT2D eigenvalue weighted by molar-refractivity contribution is 0.340. The van der Waals surface area contributed by atoms with Gasteiger partial charge in [0.05, 0.1) is 28.4 Å². The fraction of sp³-hybridized carbons (Fsp3) is 0.286. The molecule has 0 aliphatic carbocycles. The number of methoxy groups -OCH3 is 4. The highest BCUT2D eigenvalue weighted by Crippen LogP contribution is 2.12. The fourth-order valence-corrected chi connectivity index (χ4v) is 1.80. The van der Waals surface area contributed by atoms with Crippen molar-refractivity contribution in [1.29, 1.82) is 0 Å². The minimum absolute atomic E-state index is 0.0497. The Labute approximate surface area is 191 Å². The van der Waals surface area contributed by atoms with E-state index < -0.39 is 0 Å². The second-order valence-electron chi connectivity index (χ2n) is 5.10. The first-order chi connectivity index (χ1) is 16.0. The van der Waals surface area contributed by atoms with Crippen LogP contribution in [0.25, 0.3) is 0 Å². The van der Waals surface area contributed by atoms with Gasteiger partial charge < -0.3 is 24.8 Å². The fourth-order valence-electron chi connectivity index (χ4n) is 1.65. The van der Waals surface area contributed by atoms with E-state index in [-0.39, 0.29) is 35.3 Å². The number of nitrogens with zero attached hydrogens (tertiary/aromatic N) is 12. The molecule has 0 aliphatic rings. The van der Waals surface area contributed by atoms with Gasteiger partial charge in [0.1, 0.15) is 25.3 Å². The number of nitrogens with one attached hydrogen (secondary N) is 1. The van der Waals surface area contributed by atoms with Crippen molar-refractivity contribution in [2.45, 2.75) is 0 Å². The van der Waals surface area contributed by atoms with E-state index in [1.54, 1.807) is 0 Å². The third kappa shape index (κ3) is 8.57. The van der Waals surface area contributed by atoms with Crippen molar-refractivity contribution in [2.75, 3.05) is 39.7 Å². The molecule has 0 saturated carbocycles. The van der Waals surface area contributed by atoms with Gasteiger partial charge in [-0.2, -0.15) is 19.9 Å².